The second-order valence-electron chi connectivity index (χ2n) is 5.83. The molecule has 0 radical (unpaired) electrons. The van der Waals surface area contributed by atoms with E-state index in [9.17, 15) is 4.21 Å². The van der Waals surface area contributed by atoms with Crippen LogP contribution in [0.15, 0.2) is 24.3 Å². The number of anilines is 1. The van der Waals surface area contributed by atoms with Crippen molar-refractivity contribution in [1.29, 1.82) is 0 Å². The highest BCUT2D eigenvalue weighted by Crippen LogP contribution is 2.21. The molecule has 0 heterocycles. The summed E-state index contributed by atoms with van der Waals surface area (Å²) in [6.45, 7) is 8.65. The fourth-order valence-electron chi connectivity index (χ4n) is 2.52. The van der Waals surface area contributed by atoms with E-state index in [4.69, 9.17) is 9.29 Å². The summed E-state index contributed by atoms with van der Waals surface area (Å²) in [6, 6.07) is 8.01. The van der Waals surface area contributed by atoms with Crippen LogP contribution < -0.4 is 9.64 Å². The van der Waals surface area contributed by atoms with Crippen molar-refractivity contribution in [3.63, 3.8) is 0 Å². The third-order valence-electron chi connectivity index (χ3n) is 4.15. The predicted molar refractivity (Wildman–Crippen MR) is 98.8 cm³/mol. The summed E-state index contributed by atoms with van der Waals surface area (Å²) in [5.41, 5.74) is 1.06. The van der Waals surface area contributed by atoms with Gasteiger partial charge in [0, 0.05) is 18.8 Å². The molecular weight excluding hydrogens is 310 g/mol. The Morgan fingerprint density at radius 2 is 1.91 bits per heavy atom. The number of unbranched alkanes of at least 4 members (excludes halogenated alkanes) is 1. The maximum atomic E-state index is 10.8. The van der Waals surface area contributed by atoms with Crippen LogP contribution >= 0.6 is 0 Å². The maximum absolute atomic E-state index is 10.8. The van der Waals surface area contributed by atoms with Crippen LogP contribution in [0, 0.1) is 5.92 Å². The molecule has 0 aromatic heterocycles. The molecule has 0 saturated carbocycles. The Labute approximate surface area is 143 Å². The molecule has 0 amide bonds. The molecule has 23 heavy (non-hydrogen) atoms. The zero-order valence-corrected chi connectivity index (χ0v) is 15.5. The Bertz CT molecular complexity index is 450. The van der Waals surface area contributed by atoms with E-state index in [-0.39, 0.29) is 5.75 Å². The summed E-state index contributed by atoms with van der Waals surface area (Å²) >= 11 is -1.74. The molecule has 0 aliphatic rings. The van der Waals surface area contributed by atoms with Crippen LogP contribution in [-0.4, -0.2) is 34.2 Å². The van der Waals surface area contributed by atoms with E-state index >= 15 is 0 Å². The third kappa shape index (κ3) is 7.84. The number of rotatable bonds is 12. The average molecular weight is 342 g/mol. The molecule has 1 rings (SSSR count). The first-order chi connectivity index (χ1) is 11.1. The van der Waals surface area contributed by atoms with Gasteiger partial charge in [-0.1, -0.05) is 33.1 Å². The van der Waals surface area contributed by atoms with Crippen LogP contribution in [0.2, 0.25) is 0 Å². The van der Waals surface area contributed by atoms with Crippen LogP contribution in [-0.2, 0) is 11.1 Å². The third-order valence-corrected chi connectivity index (χ3v) is 4.68. The van der Waals surface area contributed by atoms with Crippen LogP contribution in [0.25, 0.3) is 0 Å². The fourth-order valence-corrected chi connectivity index (χ4v) is 2.90. The van der Waals surface area contributed by atoms with Gasteiger partial charge in [0.2, 0.25) is 0 Å². The first kappa shape index (κ1) is 20.0. The molecule has 0 bridgehead atoms. The lowest BCUT2D eigenvalue weighted by Crippen LogP contribution is -2.27. The molecule has 5 heteroatoms. The van der Waals surface area contributed by atoms with Gasteiger partial charge in [0.1, 0.15) is 5.75 Å². The van der Waals surface area contributed by atoms with Gasteiger partial charge in [-0.25, -0.2) is 4.21 Å². The Morgan fingerprint density at radius 3 is 2.43 bits per heavy atom. The maximum Gasteiger partial charge on any atom is 0.154 e. The van der Waals surface area contributed by atoms with Crippen molar-refractivity contribution in [2.75, 3.05) is 30.3 Å². The van der Waals surface area contributed by atoms with Gasteiger partial charge in [-0.2, -0.15) is 0 Å². The lowest BCUT2D eigenvalue weighted by atomic mass is 10.0. The summed E-state index contributed by atoms with van der Waals surface area (Å²) in [7, 11) is 0. The summed E-state index contributed by atoms with van der Waals surface area (Å²) in [5.74, 6) is 1.79. The molecule has 1 N–H and O–H groups in total. The number of benzene rings is 1. The molecule has 1 aromatic carbocycles. The monoisotopic (exact) mass is 341 g/mol. The summed E-state index contributed by atoms with van der Waals surface area (Å²) in [4.78, 5) is 2.09. The first-order valence-electron chi connectivity index (χ1n) is 8.65. The Hall–Kier alpha value is -1.07. The SMILES string of the molecule is CCCCC(CC)COc1ccc(N(CC)CCS(=O)O)cc1. The normalized spacial score (nSPS) is 13.6. The Balaban J connectivity index is 2.52. The summed E-state index contributed by atoms with van der Waals surface area (Å²) in [6.07, 6.45) is 4.88. The molecule has 132 valence electrons. The Morgan fingerprint density at radius 1 is 1.22 bits per heavy atom. The summed E-state index contributed by atoms with van der Waals surface area (Å²) in [5, 5.41) is 0. The second kappa shape index (κ2) is 11.5. The van der Waals surface area contributed by atoms with Crippen molar-refractivity contribution in [3.05, 3.63) is 24.3 Å². The van der Waals surface area contributed by atoms with Crippen molar-refractivity contribution in [2.45, 2.75) is 46.5 Å². The zero-order chi connectivity index (χ0) is 17.1. The topological polar surface area (TPSA) is 49.8 Å². The highest BCUT2D eigenvalue weighted by atomic mass is 32.2. The van der Waals surface area contributed by atoms with Gasteiger partial charge in [0.15, 0.2) is 11.1 Å². The Kier molecular flexibility index (Phi) is 9.96. The van der Waals surface area contributed by atoms with Crippen LogP contribution in [0.4, 0.5) is 5.69 Å². The van der Waals surface area contributed by atoms with E-state index in [2.05, 4.69) is 18.7 Å². The predicted octanol–water partition coefficient (Wildman–Crippen LogP) is 4.33. The van der Waals surface area contributed by atoms with Crippen LogP contribution in [0.3, 0.4) is 0 Å². The molecule has 2 atom stereocenters. The molecule has 0 aliphatic carbocycles. The van der Waals surface area contributed by atoms with Crippen molar-refractivity contribution < 1.29 is 13.5 Å². The summed E-state index contributed by atoms with van der Waals surface area (Å²) < 4.78 is 25.7. The lowest BCUT2D eigenvalue weighted by Gasteiger charge is -2.22. The van der Waals surface area contributed by atoms with E-state index in [1.807, 2.05) is 31.2 Å². The smallest absolute Gasteiger partial charge is 0.154 e. The highest BCUT2D eigenvalue weighted by Gasteiger charge is 2.08. The van der Waals surface area contributed by atoms with Crippen molar-refractivity contribution >= 4 is 16.8 Å². The largest absolute Gasteiger partial charge is 0.493 e. The highest BCUT2D eigenvalue weighted by molar-refractivity contribution is 7.79. The van der Waals surface area contributed by atoms with Gasteiger partial charge >= 0.3 is 0 Å². The molecule has 1 aromatic rings. The minimum Gasteiger partial charge on any atom is -0.493 e. The quantitative estimate of drug-likeness (QED) is 0.575. The fraction of sp³-hybridized carbons (Fsp3) is 0.667. The molecule has 0 aliphatic heterocycles. The van der Waals surface area contributed by atoms with Gasteiger partial charge < -0.3 is 14.2 Å². The van der Waals surface area contributed by atoms with Crippen LogP contribution in [0.5, 0.6) is 5.75 Å². The van der Waals surface area contributed by atoms with Gasteiger partial charge in [-0.05, 0) is 43.5 Å². The number of nitrogens with zero attached hydrogens (tertiary/aromatic N) is 1. The molecular formula is C18H31NO3S. The van der Waals surface area contributed by atoms with E-state index in [0.717, 1.165) is 31.0 Å². The van der Waals surface area contributed by atoms with Crippen molar-refractivity contribution in [2.24, 2.45) is 5.92 Å². The number of hydrogen-bond acceptors (Lipinski definition) is 3. The number of hydrogen-bond donors (Lipinski definition) is 1. The first-order valence-corrected chi connectivity index (χ1v) is 9.93. The average Bonchev–Trinajstić information content (AvgIpc) is 2.56. The number of ether oxygens (including phenoxy) is 1. The molecule has 0 spiro atoms. The second-order valence-corrected chi connectivity index (χ2v) is 6.88. The minimum atomic E-state index is -1.74. The van der Waals surface area contributed by atoms with Crippen molar-refractivity contribution in [1.82, 2.24) is 0 Å². The minimum absolute atomic E-state index is 0.266. The molecule has 0 fully saturated rings. The van der Waals surface area contributed by atoms with E-state index in [1.54, 1.807) is 0 Å². The van der Waals surface area contributed by atoms with Gasteiger partial charge in [0.05, 0.1) is 12.4 Å². The molecule has 0 saturated heterocycles. The zero-order valence-electron chi connectivity index (χ0n) is 14.7. The standard InChI is InChI=1S/C18H31NO3S/c1-4-7-8-16(5-2)15-22-18-11-9-17(10-12-18)19(6-3)13-14-23(20)21/h9-12,16H,4-8,13-15H2,1-3H3,(H,20,21). The van der Waals surface area contributed by atoms with E-state index in [0.29, 0.717) is 12.5 Å². The van der Waals surface area contributed by atoms with Gasteiger partial charge in [0.25, 0.3) is 0 Å². The van der Waals surface area contributed by atoms with E-state index < -0.39 is 11.1 Å². The van der Waals surface area contributed by atoms with Gasteiger partial charge in [-0.3, -0.25) is 0 Å². The van der Waals surface area contributed by atoms with Crippen LogP contribution in [0.1, 0.15) is 46.5 Å². The lowest BCUT2D eigenvalue weighted by molar-refractivity contribution is 0.233. The van der Waals surface area contributed by atoms with Crippen molar-refractivity contribution in [3.8, 4) is 5.75 Å². The van der Waals surface area contributed by atoms with Gasteiger partial charge in [-0.15, -0.1) is 0 Å². The van der Waals surface area contributed by atoms with E-state index in [1.165, 1.54) is 19.3 Å². The molecule has 4 nitrogen and oxygen atoms in total. The molecule has 2 unspecified atom stereocenters.